The van der Waals surface area contributed by atoms with Gasteiger partial charge in [0.15, 0.2) is 11.5 Å². The highest BCUT2D eigenvalue weighted by molar-refractivity contribution is 5.85. The Labute approximate surface area is 112 Å². The molecule has 1 atom stereocenters. The van der Waals surface area contributed by atoms with Crippen LogP contribution in [0.15, 0.2) is 18.2 Å². The molecule has 100 valence electrons. The fraction of sp³-hybridized carbons (Fsp3) is 0.417. The molecule has 1 aliphatic heterocycles. The van der Waals surface area contributed by atoms with E-state index in [1.165, 1.54) is 6.92 Å². The van der Waals surface area contributed by atoms with E-state index in [-0.39, 0.29) is 29.9 Å². The molecule has 0 spiro atoms. The Kier molecular flexibility index (Phi) is 5.40. The van der Waals surface area contributed by atoms with Crippen molar-refractivity contribution in [3.05, 3.63) is 23.8 Å². The van der Waals surface area contributed by atoms with Gasteiger partial charge in [-0.2, -0.15) is 0 Å². The number of benzene rings is 1. The predicted molar refractivity (Wildman–Crippen MR) is 68.2 cm³/mol. The first kappa shape index (κ1) is 14.8. The van der Waals surface area contributed by atoms with Crippen LogP contribution in [-0.2, 0) is 9.53 Å². The molecule has 1 aromatic carbocycles. The number of hydrogen-bond acceptors (Lipinski definition) is 5. The monoisotopic (exact) mass is 273 g/mol. The molecule has 1 fully saturated rings. The minimum absolute atomic E-state index is 0. The lowest BCUT2D eigenvalue weighted by Gasteiger charge is -2.24. The van der Waals surface area contributed by atoms with Crippen molar-refractivity contribution in [2.24, 2.45) is 0 Å². The summed E-state index contributed by atoms with van der Waals surface area (Å²) in [6.07, 6.45) is 0. The lowest BCUT2D eigenvalue weighted by Crippen LogP contribution is -2.34. The molecular weight excluding hydrogens is 258 g/mol. The molecule has 2 N–H and O–H groups in total. The van der Waals surface area contributed by atoms with Gasteiger partial charge in [-0.15, -0.1) is 12.4 Å². The summed E-state index contributed by atoms with van der Waals surface area (Å²) in [6, 6.07) is 5.05. The molecule has 6 heteroatoms. The molecule has 0 radical (unpaired) electrons. The van der Waals surface area contributed by atoms with Crippen molar-refractivity contribution in [3.8, 4) is 11.5 Å². The lowest BCUT2D eigenvalue weighted by molar-refractivity contribution is -0.132. The van der Waals surface area contributed by atoms with Gasteiger partial charge in [-0.1, -0.05) is 6.07 Å². The molecule has 1 heterocycles. The summed E-state index contributed by atoms with van der Waals surface area (Å²) >= 11 is 0. The Hall–Kier alpha value is -1.30. The van der Waals surface area contributed by atoms with Crippen LogP contribution in [0.2, 0.25) is 0 Å². The van der Waals surface area contributed by atoms with Gasteiger partial charge in [-0.05, 0) is 17.7 Å². The average Bonchev–Trinajstić information content (AvgIpc) is 2.32. The van der Waals surface area contributed by atoms with Crippen LogP contribution in [0.1, 0.15) is 18.5 Å². The molecule has 0 saturated carbocycles. The Bertz CT molecular complexity index is 419. The zero-order valence-corrected chi connectivity index (χ0v) is 10.8. The number of phenols is 1. The van der Waals surface area contributed by atoms with Gasteiger partial charge in [0.2, 0.25) is 0 Å². The highest BCUT2D eigenvalue weighted by Crippen LogP contribution is 2.29. The molecule has 0 unspecified atom stereocenters. The van der Waals surface area contributed by atoms with Gasteiger partial charge in [0, 0.05) is 13.5 Å². The van der Waals surface area contributed by atoms with E-state index in [0.29, 0.717) is 13.2 Å². The molecule has 0 aliphatic carbocycles. The number of rotatable bonds is 2. The van der Waals surface area contributed by atoms with Crippen LogP contribution in [0.5, 0.6) is 11.5 Å². The fourth-order valence-corrected chi connectivity index (χ4v) is 1.77. The summed E-state index contributed by atoms with van der Waals surface area (Å²) < 4.78 is 10.2. The smallest absolute Gasteiger partial charge is 0.308 e. The van der Waals surface area contributed by atoms with Crippen molar-refractivity contribution in [1.82, 2.24) is 5.32 Å². The number of aromatic hydroxyl groups is 1. The molecule has 0 amide bonds. The molecule has 0 aromatic heterocycles. The van der Waals surface area contributed by atoms with Gasteiger partial charge in [-0.25, -0.2) is 0 Å². The summed E-state index contributed by atoms with van der Waals surface area (Å²) in [4.78, 5) is 10.8. The highest BCUT2D eigenvalue weighted by atomic mass is 35.5. The summed E-state index contributed by atoms with van der Waals surface area (Å²) in [5.41, 5.74) is 0.915. The minimum atomic E-state index is -0.452. The van der Waals surface area contributed by atoms with E-state index < -0.39 is 5.97 Å². The number of halogens is 1. The van der Waals surface area contributed by atoms with E-state index in [9.17, 15) is 9.90 Å². The summed E-state index contributed by atoms with van der Waals surface area (Å²) in [7, 11) is 0. The van der Waals surface area contributed by atoms with E-state index >= 15 is 0 Å². The van der Waals surface area contributed by atoms with Crippen LogP contribution in [0, 0.1) is 0 Å². The van der Waals surface area contributed by atoms with Gasteiger partial charge in [0.25, 0.3) is 0 Å². The zero-order chi connectivity index (χ0) is 12.3. The number of carbonyl (C=O) groups excluding carboxylic acids is 1. The van der Waals surface area contributed by atoms with Crippen LogP contribution in [0.25, 0.3) is 0 Å². The van der Waals surface area contributed by atoms with E-state index in [1.807, 2.05) is 6.07 Å². The molecule has 0 bridgehead atoms. The van der Waals surface area contributed by atoms with Gasteiger partial charge in [0.1, 0.15) is 0 Å². The van der Waals surface area contributed by atoms with E-state index in [4.69, 9.17) is 9.47 Å². The average molecular weight is 274 g/mol. The minimum Gasteiger partial charge on any atom is -0.504 e. The van der Waals surface area contributed by atoms with Gasteiger partial charge in [-0.3, -0.25) is 4.79 Å². The molecule has 1 saturated heterocycles. The third-order valence-corrected chi connectivity index (χ3v) is 2.56. The molecule has 1 aliphatic rings. The molecule has 2 rings (SSSR count). The Balaban J connectivity index is 0.00000162. The van der Waals surface area contributed by atoms with Crippen LogP contribution in [-0.4, -0.2) is 30.8 Å². The predicted octanol–water partition coefficient (Wildman–Crippen LogP) is 1.40. The molecule has 18 heavy (non-hydrogen) atoms. The van der Waals surface area contributed by atoms with E-state index in [0.717, 1.165) is 12.1 Å². The maximum absolute atomic E-state index is 10.8. The maximum atomic E-state index is 10.8. The number of morpholine rings is 1. The van der Waals surface area contributed by atoms with Crippen molar-refractivity contribution >= 4 is 18.4 Å². The fourth-order valence-electron chi connectivity index (χ4n) is 1.77. The van der Waals surface area contributed by atoms with Crippen LogP contribution in [0.3, 0.4) is 0 Å². The second-order valence-electron chi connectivity index (χ2n) is 3.90. The quantitative estimate of drug-likeness (QED) is 0.630. The zero-order valence-electron chi connectivity index (χ0n) is 10.0. The largest absolute Gasteiger partial charge is 0.504 e. The van der Waals surface area contributed by atoms with Crippen molar-refractivity contribution in [1.29, 1.82) is 0 Å². The highest BCUT2D eigenvalue weighted by Gasteiger charge is 2.17. The van der Waals surface area contributed by atoms with Crippen LogP contribution in [0.4, 0.5) is 0 Å². The summed E-state index contributed by atoms with van der Waals surface area (Å²) in [5.74, 6) is -0.310. The van der Waals surface area contributed by atoms with Gasteiger partial charge < -0.3 is 19.9 Å². The SMILES string of the molecule is CC(=O)Oc1ccc([C@@H]2COCCN2)cc1O.Cl. The number of nitrogens with one attached hydrogen (secondary N) is 1. The number of esters is 1. The van der Waals surface area contributed by atoms with Crippen molar-refractivity contribution in [2.45, 2.75) is 13.0 Å². The topological polar surface area (TPSA) is 67.8 Å². The second-order valence-corrected chi connectivity index (χ2v) is 3.90. The first-order valence-electron chi connectivity index (χ1n) is 5.49. The Morgan fingerprint density at radius 3 is 2.89 bits per heavy atom. The van der Waals surface area contributed by atoms with Gasteiger partial charge in [0.05, 0.1) is 19.3 Å². The summed E-state index contributed by atoms with van der Waals surface area (Å²) in [6.45, 7) is 3.36. The lowest BCUT2D eigenvalue weighted by atomic mass is 10.1. The third-order valence-electron chi connectivity index (χ3n) is 2.56. The molecule has 5 nitrogen and oxygen atoms in total. The van der Waals surface area contributed by atoms with E-state index in [1.54, 1.807) is 12.1 Å². The van der Waals surface area contributed by atoms with Gasteiger partial charge >= 0.3 is 5.97 Å². The number of hydrogen-bond donors (Lipinski definition) is 2. The standard InChI is InChI=1S/C12H15NO4.ClH/c1-8(14)17-12-3-2-9(6-11(12)15)10-7-16-5-4-13-10;/h2-3,6,10,13,15H,4-5,7H2,1H3;1H/t10-;/m0./s1. The molecule has 1 aromatic rings. The van der Waals surface area contributed by atoms with Crippen LogP contribution < -0.4 is 10.1 Å². The summed E-state index contributed by atoms with van der Waals surface area (Å²) in [5, 5.41) is 13.0. The molecular formula is C12H16ClNO4. The second kappa shape index (κ2) is 6.58. The first-order valence-corrected chi connectivity index (χ1v) is 5.49. The van der Waals surface area contributed by atoms with E-state index in [2.05, 4.69) is 5.32 Å². The van der Waals surface area contributed by atoms with Crippen molar-refractivity contribution in [2.75, 3.05) is 19.8 Å². The first-order chi connectivity index (χ1) is 8.16. The number of ether oxygens (including phenoxy) is 2. The Morgan fingerprint density at radius 2 is 2.33 bits per heavy atom. The maximum Gasteiger partial charge on any atom is 0.308 e. The number of carbonyl (C=O) groups is 1. The van der Waals surface area contributed by atoms with Crippen molar-refractivity contribution in [3.63, 3.8) is 0 Å². The van der Waals surface area contributed by atoms with Crippen LogP contribution >= 0.6 is 12.4 Å². The number of phenolic OH excluding ortho intramolecular Hbond substituents is 1. The Morgan fingerprint density at radius 1 is 1.56 bits per heavy atom. The van der Waals surface area contributed by atoms with Crippen molar-refractivity contribution < 1.29 is 19.4 Å². The normalized spacial score (nSPS) is 18.8. The third kappa shape index (κ3) is 3.60.